The van der Waals surface area contributed by atoms with Crippen LogP contribution in [0.2, 0.25) is 0 Å². The topological polar surface area (TPSA) is 94.1 Å². The van der Waals surface area contributed by atoms with Gasteiger partial charge in [0.05, 0.1) is 25.4 Å². The minimum absolute atomic E-state index is 0.339. The zero-order chi connectivity index (χ0) is 19.5. The number of hydrogen-bond acceptors (Lipinski definition) is 5. The Balaban J connectivity index is 1.98. The van der Waals surface area contributed by atoms with Gasteiger partial charge in [-0.05, 0) is 37.3 Å². The van der Waals surface area contributed by atoms with Gasteiger partial charge in [0.15, 0.2) is 11.4 Å². The van der Waals surface area contributed by atoms with Crippen molar-refractivity contribution in [2.24, 2.45) is 0 Å². The Labute approximate surface area is 161 Å². The molecule has 4 aromatic rings. The molecule has 0 saturated heterocycles. The number of nitrogens with one attached hydrogen (secondary N) is 2. The summed E-state index contributed by atoms with van der Waals surface area (Å²) >= 11 is 0. The van der Waals surface area contributed by atoms with Crippen LogP contribution in [0.3, 0.4) is 0 Å². The number of carbonyl (C=O) groups is 1. The second kappa shape index (κ2) is 7.43. The molecular weight excluding hydrogens is 358 g/mol. The molecule has 0 aliphatic rings. The number of benzene rings is 2. The summed E-state index contributed by atoms with van der Waals surface area (Å²) in [5.41, 5.74) is 2.06. The van der Waals surface area contributed by atoms with Crippen molar-refractivity contribution in [2.45, 2.75) is 6.92 Å². The molecule has 0 atom stereocenters. The predicted octanol–water partition coefficient (Wildman–Crippen LogP) is 3.41. The largest absolute Gasteiger partial charge is 0.497 e. The number of fused-ring (bicyclic) bond motifs is 1. The van der Waals surface area contributed by atoms with Crippen molar-refractivity contribution in [2.75, 3.05) is 19.0 Å². The number of ether oxygens (including phenoxy) is 2. The highest BCUT2D eigenvalue weighted by Crippen LogP contribution is 2.38. The van der Waals surface area contributed by atoms with Crippen molar-refractivity contribution < 1.29 is 14.3 Å². The number of anilines is 1. The van der Waals surface area contributed by atoms with E-state index in [0.29, 0.717) is 29.6 Å². The summed E-state index contributed by atoms with van der Waals surface area (Å²) in [7, 11) is 1.61. The van der Waals surface area contributed by atoms with Crippen LogP contribution in [0.15, 0.2) is 54.7 Å². The average molecular weight is 377 g/mol. The Morgan fingerprint density at radius 2 is 2.04 bits per heavy atom. The monoisotopic (exact) mass is 377 g/mol. The molecule has 8 nitrogen and oxygen atoms in total. The van der Waals surface area contributed by atoms with E-state index in [9.17, 15) is 4.79 Å². The third kappa shape index (κ3) is 3.05. The van der Waals surface area contributed by atoms with Crippen LogP contribution in [0.4, 0.5) is 5.82 Å². The zero-order valence-electron chi connectivity index (χ0n) is 15.5. The fraction of sp³-hybridized carbons (Fsp3) is 0.150. The highest BCUT2D eigenvalue weighted by Gasteiger charge is 2.26. The van der Waals surface area contributed by atoms with Crippen LogP contribution >= 0.6 is 0 Å². The Morgan fingerprint density at radius 1 is 1.21 bits per heavy atom. The van der Waals surface area contributed by atoms with E-state index in [4.69, 9.17) is 9.47 Å². The number of aromatic amines is 1. The van der Waals surface area contributed by atoms with Gasteiger partial charge in [0.1, 0.15) is 11.6 Å². The van der Waals surface area contributed by atoms with Gasteiger partial charge >= 0.3 is 0 Å². The van der Waals surface area contributed by atoms with Gasteiger partial charge in [-0.3, -0.25) is 4.79 Å². The van der Waals surface area contributed by atoms with Crippen LogP contribution in [0.25, 0.3) is 16.6 Å². The van der Waals surface area contributed by atoms with Gasteiger partial charge in [-0.2, -0.15) is 0 Å². The molecule has 28 heavy (non-hydrogen) atoms. The molecule has 8 heteroatoms. The molecule has 2 heterocycles. The van der Waals surface area contributed by atoms with E-state index in [2.05, 4.69) is 20.7 Å². The zero-order valence-corrected chi connectivity index (χ0v) is 15.5. The van der Waals surface area contributed by atoms with Crippen molar-refractivity contribution in [3.05, 3.63) is 60.4 Å². The Kier molecular flexibility index (Phi) is 4.67. The number of amides is 1. The predicted molar refractivity (Wildman–Crippen MR) is 105 cm³/mol. The Hall–Kier alpha value is -3.81. The Morgan fingerprint density at radius 3 is 2.71 bits per heavy atom. The lowest BCUT2D eigenvalue weighted by Crippen LogP contribution is -2.18. The van der Waals surface area contributed by atoms with Crippen molar-refractivity contribution in [1.29, 1.82) is 0 Å². The number of aromatic nitrogens is 4. The molecule has 1 amide bonds. The van der Waals surface area contributed by atoms with E-state index in [0.717, 1.165) is 16.6 Å². The lowest BCUT2D eigenvalue weighted by atomic mass is 10.2. The first-order valence-electron chi connectivity index (χ1n) is 8.81. The Bertz CT molecular complexity index is 1100. The molecular formula is C20H19N5O3. The quantitative estimate of drug-likeness (QED) is 0.537. The first kappa shape index (κ1) is 17.6. The van der Waals surface area contributed by atoms with Gasteiger partial charge in [0.2, 0.25) is 0 Å². The molecule has 0 unspecified atom stereocenters. The van der Waals surface area contributed by atoms with Gasteiger partial charge in [-0.1, -0.05) is 23.4 Å². The molecule has 0 fully saturated rings. The van der Waals surface area contributed by atoms with Crippen LogP contribution in [0.5, 0.6) is 11.5 Å². The maximum absolute atomic E-state index is 13.2. The van der Waals surface area contributed by atoms with Crippen molar-refractivity contribution in [1.82, 2.24) is 20.0 Å². The number of hydrogen-bond donors (Lipinski definition) is 2. The van der Waals surface area contributed by atoms with Crippen LogP contribution in [0, 0.1) is 0 Å². The van der Waals surface area contributed by atoms with Crippen molar-refractivity contribution >= 4 is 22.6 Å². The molecule has 2 aromatic heterocycles. The normalized spacial score (nSPS) is 10.8. The fourth-order valence-corrected chi connectivity index (χ4v) is 3.15. The molecule has 2 N–H and O–H groups in total. The maximum Gasteiger partial charge on any atom is 0.277 e. The number of rotatable bonds is 6. The minimum atomic E-state index is -0.339. The molecule has 0 saturated carbocycles. The van der Waals surface area contributed by atoms with E-state index in [1.807, 2.05) is 60.0 Å². The maximum atomic E-state index is 13.2. The highest BCUT2D eigenvalue weighted by atomic mass is 16.5. The number of nitrogens with zero attached hydrogens (tertiary/aromatic N) is 3. The van der Waals surface area contributed by atoms with E-state index in [-0.39, 0.29) is 5.91 Å². The molecule has 142 valence electrons. The summed E-state index contributed by atoms with van der Waals surface area (Å²) in [6.07, 6.45) is 1.44. The van der Waals surface area contributed by atoms with Crippen LogP contribution in [0.1, 0.15) is 17.4 Å². The second-order valence-corrected chi connectivity index (χ2v) is 5.99. The summed E-state index contributed by atoms with van der Waals surface area (Å²) in [5.74, 6) is 1.23. The van der Waals surface area contributed by atoms with Crippen molar-refractivity contribution in [3.63, 3.8) is 0 Å². The smallest absolute Gasteiger partial charge is 0.277 e. The van der Waals surface area contributed by atoms with Crippen LogP contribution < -0.4 is 14.8 Å². The highest BCUT2D eigenvalue weighted by molar-refractivity contribution is 6.10. The van der Waals surface area contributed by atoms with E-state index < -0.39 is 0 Å². The molecule has 0 spiro atoms. The lowest BCUT2D eigenvalue weighted by molar-refractivity contribution is 0.101. The summed E-state index contributed by atoms with van der Waals surface area (Å²) in [4.78, 5) is 13.2. The first-order chi connectivity index (χ1) is 13.7. The van der Waals surface area contributed by atoms with Gasteiger partial charge in [0.25, 0.3) is 5.91 Å². The molecule has 0 bridgehead atoms. The molecule has 0 radical (unpaired) electrons. The fourth-order valence-electron chi connectivity index (χ4n) is 3.15. The van der Waals surface area contributed by atoms with Gasteiger partial charge in [-0.15, -0.1) is 5.10 Å². The number of carbonyl (C=O) groups excluding carboxylic acids is 1. The van der Waals surface area contributed by atoms with E-state index >= 15 is 0 Å². The van der Waals surface area contributed by atoms with Gasteiger partial charge < -0.3 is 19.4 Å². The summed E-state index contributed by atoms with van der Waals surface area (Å²) < 4.78 is 13.2. The number of methoxy groups -OCH3 is 1. The van der Waals surface area contributed by atoms with Gasteiger partial charge in [0, 0.05) is 11.1 Å². The first-order valence-corrected chi connectivity index (χ1v) is 8.81. The summed E-state index contributed by atoms with van der Waals surface area (Å²) in [5, 5.41) is 13.5. The third-order valence-corrected chi connectivity index (χ3v) is 4.31. The molecule has 0 aliphatic heterocycles. The summed E-state index contributed by atoms with van der Waals surface area (Å²) in [6, 6.07) is 15.3. The third-order valence-electron chi connectivity index (χ3n) is 4.31. The molecule has 4 rings (SSSR count). The summed E-state index contributed by atoms with van der Waals surface area (Å²) in [6.45, 7) is 2.30. The SMILES string of the molecule is CCOc1c(C(=O)Nc2cnn[nH]2)n(-c2ccccc2)c2ccc(OC)cc12. The standard InChI is InChI=1S/C20H19N5O3/c1-3-28-19-15-11-14(27-2)9-10-16(15)25(13-7-5-4-6-8-13)18(19)20(26)22-17-12-21-24-23-17/h4-12H,3H2,1-2H3,(H2,21,22,23,24,26). The van der Waals surface area contributed by atoms with Crippen molar-refractivity contribution in [3.8, 4) is 17.2 Å². The lowest BCUT2D eigenvalue weighted by Gasteiger charge is -2.12. The van der Waals surface area contributed by atoms with Crippen LogP contribution in [-0.4, -0.2) is 39.6 Å². The number of H-pyrrole nitrogens is 1. The average Bonchev–Trinajstić information content (AvgIpc) is 3.34. The van der Waals surface area contributed by atoms with E-state index in [1.54, 1.807) is 7.11 Å². The number of para-hydroxylation sites is 1. The van der Waals surface area contributed by atoms with E-state index in [1.165, 1.54) is 6.20 Å². The van der Waals surface area contributed by atoms with Gasteiger partial charge in [-0.25, -0.2) is 5.10 Å². The minimum Gasteiger partial charge on any atom is -0.497 e. The molecule has 0 aliphatic carbocycles. The molecule has 2 aromatic carbocycles. The second-order valence-electron chi connectivity index (χ2n) is 5.99. The van der Waals surface area contributed by atoms with Crippen LogP contribution in [-0.2, 0) is 0 Å².